The molecule has 1 aromatic heterocycles. The lowest BCUT2D eigenvalue weighted by molar-refractivity contribution is -0.131. The van der Waals surface area contributed by atoms with E-state index < -0.39 is 17.6 Å². The highest BCUT2D eigenvalue weighted by atomic mass is 32.1. The summed E-state index contributed by atoms with van der Waals surface area (Å²) in [5, 5.41) is 8.49. The van der Waals surface area contributed by atoms with Crippen molar-refractivity contribution in [1.29, 1.82) is 0 Å². The molecule has 5 heteroatoms. The maximum absolute atomic E-state index is 13.1. The van der Waals surface area contributed by atoms with Gasteiger partial charge in [-0.15, -0.1) is 11.3 Å². The molecule has 2 rings (SSSR count). The van der Waals surface area contributed by atoms with Gasteiger partial charge in [0.05, 0.1) is 0 Å². The van der Waals surface area contributed by atoms with Gasteiger partial charge in [0.1, 0.15) is 0 Å². The van der Waals surface area contributed by atoms with Crippen LogP contribution in [0.5, 0.6) is 0 Å². The van der Waals surface area contributed by atoms with E-state index >= 15 is 0 Å². The van der Waals surface area contributed by atoms with Gasteiger partial charge >= 0.3 is 5.97 Å². The van der Waals surface area contributed by atoms with E-state index in [2.05, 4.69) is 0 Å². The summed E-state index contributed by atoms with van der Waals surface area (Å²) < 4.78 is 25.8. The van der Waals surface area contributed by atoms with Gasteiger partial charge in [-0.05, 0) is 35.9 Å². The zero-order chi connectivity index (χ0) is 13.1. The lowest BCUT2D eigenvalue weighted by Gasteiger charge is -1.98. The van der Waals surface area contributed by atoms with Crippen LogP contribution in [0.15, 0.2) is 36.4 Å². The van der Waals surface area contributed by atoms with Crippen LogP contribution in [0.25, 0.3) is 16.5 Å². The number of carboxylic acids is 1. The number of thiophene rings is 1. The van der Waals surface area contributed by atoms with Gasteiger partial charge in [-0.2, -0.15) is 0 Å². The van der Waals surface area contributed by atoms with Crippen molar-refractivity contribution in [3.05, 3.63) is 52.9 Å². The Morgan fingerprint density at radius 1 is 1.17 bits per heavy atom. The normalized spacial score (nSPS) is 11.0. The molecule has 0 bridgehead atoms. The zero-order valence-corrected chi connectivity index (χ0v) is 9.88. The summed E-state index contributed by atoms with van der Waals surface area (Å²) in [5.41, 5.74) is 0.564. The molecule has 0 radical (unpaired) electrons. The predicted octanol–water partition coefficient (Wildman–Crippen LogP) is 3.79. The van der Waals surface area contributed by atoms with Crippen molar-refractivity contribution < 1.29 is 18.7 Å². The van der Waals surface area contributed by atoms with Crippen LogP contribution >= 0.6 is 11.3 Å². The second-order valence-electron chi connectivity index (χ2n) is 3.50. The molecule has 0 spiro atoms. The van der Waals surface area contributed by atoms with Gasteiger partial charge in [0.2, 0.25) is 0 Å². The third-order valence-electron chi connectivity index (χ3n) is 2.22. The zero-order valence-electron chi connectivity index (χ0n) is 9.06. The van der Waals surface area contributed by atoms with Crippen LogP contribution in [-0.2, 0) is 4.79 Å². The SMILES string of the molecule is O=C(O)/C=C/c1ccc(-c2ccc(F)c(F)c2)s1. The third kappa shape index (κ3) is 2.81. The number of carbonyl (C=O) groups is 1. The molecule has 0 amide bonds. The van der Waals surface area contributed by atoms with E-state index in [1.807, 2.05) is 0 Å². The molecule has 0 aliphatic rings. The van der Waals surface area contributed by atoms with Crippen LogP contribution in [0.4, 0.5) is 8.78 Å². The van der Waals surface area contributed by atoms with Crippen molar-refractivity contribution >= 4 is 23.4 Å². The first-order chi connectivity index (χ1) is 8.56. The smallest absolute Gasteiger partial charge is 0.328 e. The van der Waals surface area contributed by atoms with Crippen LogP contribution in [0.3, 0.4) is 0 Å². The molecule has 0 aliphatic carbocycles. The molecule has 0 saturated heterocycles. The molecular weight excluding hydrogens is 258 g/mol. The van der Waals surface area contributed by atoms with E-state index in [-0.39, 0.29) is 0 Å². The molecule has 0 unspecified atom stereocenters. The number of aliphatic carboxylic acids is 1. The average molecular weight is 266 g/mol. The highest BCUT2D eigenvalue weighted by Crippen LogP contribution is 2.29. The molecule has 2 aromatic rings. The molecule has 1 heterocycles. The van der Waals surface area contributed by atoms with E-state index in [4.69, 9.17) is 5.11 Å². The third-order valence-corrected chi connectivity index (χ3v) is 3.32. The van der Waals surface area contributed by atoms with Crippen LogP contribution in [0.1, 0.15) is 4.88 Å². The minimum Gasteiger partial charge on any atom is -0.478 e. The predicted molar refractivity (Wildman–Crippen MR) is 66.3 cm³/mol. The van der Waals surface area contributed by atoms with E-state index in [0.29, 0.717) is 5.56 Å². The Morgan fingerprint density at radius 2 is 1.94 bits per heavy atom. The quantitative estimate of drug-likeness (QED) is 0.858. The molecule has 0 aliphatic heterocycles. The minimum atomic E-state index is -1.03. The Hall–Kier alpha value is -2.01. The summed E-state index contributed by atoms with van der Waals surface area (Å²) in [4.78, 5) is 11.8. The number of halogens is 2. The Labute approximate surface area is 106 Å². The number of hydrogen-bond acceptors (Lipinski definition) is 2. The number of benzene rings is 1. The first kappa shape index (κ1) is 12.4. The van der Waals surface area contributed by atoms with Gasteiger partial charge in [0.25, 0.3) is 0 Å². The fourth-order valence-electron chi connectivity index (χ4n) is 1.40. The first-order valence-electron chi connectivity index (χ1n) is 5.02. The highest BCUT2D eigenvalue weighted by molar-refractivity contribution is 7.16. The van der Waals surface area contributed by atoms with E-state index in [1.54, 1.807) is 12.1 Å². The van der Waals surface area contributed by atoms with Gasteiger partial charge in [-0.25, -0.2) is 13.6 Å². The topological polar surface area (TPSA) is 37.3 Å². The van der Waals surface area contributed by atoms with Crippen molar-refractivity contribution in [3.63, 3.8) is 0 Å². The molecule has 92 valence electrons. The summed E-state index contributed by atoms with van der Waals surface area (Å²) >= 11 is 1.30. The van der Waals surface area contributed by atoms with E-state index in [1.165, 1.54) is 23.5 Å². The average Bonchev–Trinajstić information content (AvgIpc) is 2.79. The molecule has 0 atom stereocenters. The van der Waals surface area contributed by atoms with Gasteiger partial charge in [-0.3, -0.25) is 0 Å². The highest BCUT2D eigenvalue weighted by Gasteiger charge is 2.06. The Kier molecular flexibility index (Phi) is 3.53. The van der Waals surface area contributed by atoms with Crippen LogP contribution in [0, 0.1) is 11.6 Å². The largest absolute Gasteiger partial charge is 0.478 e. The monoisotopic (exact) mass is 266 g/mol. The maximum atomic E-state index is 13.1. The molecule has 1 N–H and O–H groups in total. The fourth-order valence-corrected chi connectivity index (χ4v) is 2.31. The number of carboxylic acid groups (broad SMARTS) is 1. The minimum absolute atomic E-state index is 0.564. The van der Waals surface area contributed by atoms with Crippen molar-refractivity contribution in [2.24, 2.45) is 0 Å². The summed E-state index contributed by atoms with van der Waals surface area (Å²) in [6, 6.07) is 7.12. The van der Waals surface area contributed by atoms with Crippen molar-refractivity contribution in [2.75, 3.05) is 0 Å². The van der Waals surface area contributed by atoms with Crippen LogP contribution in [0.2, 0.25) is 0 Å². The van der Waals surface area contributed by atoms with Crippen LogP contribution < -0.4 is 0 Å². The second kappa shape index (κ2) is 5.10. The van der Waals surface area contributed by atoms with Crippen LogP contribution in [-0.4, -0.2) is 11.1 Å². The van der Waals surface area contributed by atoms with Gasteiger partial charge < -0.3 is 5.11 Å². The Bertz CT molecular complexity index is 617. The van der Waals surface area contributed by atoms with Crippen molar-refractivity contribution in [3.8, 4) is 10.4 Å². The summed E-state index contributed by atoms with van der Waals surface area (Å²) in [5.74, 6) is -2.82. The standard InChI is InChI=1S/C13H8F2O2S/c14-10-4-1-8(7-11(10)15)12-5-2-9(18-12)3-6-13(16)17/h1-7H,(H,16,17)/b6-3+. The molecule has 1 aromatic carbocycles. The van der Waals surface area contributed by atoms with E-state index in [0.717, 1.165) is 28.0 Å². The van der Waals surface area contributed by atoms with Crippen molar-refractivity contribution in [1.82, 2.24) is 0 Å². The molecular formula is C13H8F2O2S. The first-order valence-corrected chi connectivity index (χ1v) is 5.84. The lowest BCUT2D eigenvalue weighted by atomic mass is 10.2. The lowest BCUT2D eigenvalue weighted by Crippen LogP contribution is -1.84. The van der Waals surface area contributed by atoms with Gasteiger partial charge in [0.15, 0.2) is 11.6 Å². The fraction of sp³-hybridized carbons (Fsp3) is 0. The summed E-state index contributed by atoms with van der Waals surface area (Å²) in [6.07, 6.45) is 2.48. The Balaban J connectivity index is 2.29. The van der Waals surface area contributed by atoms with Gasteiger partial charge in [0, 0.05) is 15.8 Å². The Morgan fingerprint density at radius 3 is 2.61 bits per heavy atom. The summed E-state index contributed by atoms with van der Waals surface area (Å²) in [7, 11) is 0. The second-order valence-corrected chi connectivity index (χ2v) is 4.62. The van der Waals surface area contributed by atoms with Crippen molar-refractivity contribution in [2.45, 2.75) is 0 Å². The molecule has 0 saturated carbocycles. The number of rotatable bonds is 3. The molecule has 0 fully saturated rings. The van der Waals surface area contributed by atoms with Gasteiger partial charge in [-0.1, -0.05) is 6.07 Å². The molecule has 18 heavy (non-hydrogen) atoms. The number of hydrogen-bond donors (Lipinski definition) is 1. The maximum Gasteiger partial charge on any atom is 0.328 e. The molecule has 2 nitrogen and oxygen atoms in total. The van der Waals surface area contributed by atoms with E-state index in [9.17, 15) is 13.6 Å². The summed E-state index contributed by atoms with van der Waals surface area (Å²) in [6.45, 7) is 0.